The van der Waals surface area contributed by atoms with Crippen LogP contribution in [0.25, 0.3) is 10.1 Å². The van der Waals surface area contributed by atoms with E-state index in [1.807, 2.05) is 54.6 Å². The Kier molecular flexibility index (Phi) is 7.81. The zero-order chi connectivity index (χ0) is 21.6. The van der Waals surface area contributed by atoms with Crippen LogP contribution >= 0.6 is 18.9 Å². The lowest BCUT2D eigenvalue weighted by Crippen LogP contribution is -2.14. The van der Waals surface area contributed by atoms with Crippen molar-refractivity contribution in [3.63, 3.8) is 0 Å². The van der Waals surface area contributed by atoms with Crippen LogP contribution in [0.4, 0.5) is 0 Å². The highest BCUT2D eigenvalue weighted by Gasteiger charge is 2.40. The fraction of sp³-hybridized carbons (Fsp3) is 0.318. The maximum absolute atomic E-state index is 13.5. The van der Waals surface area contributed by atoms with Crippen molar-refractivity contribution in [2.75, 3.05) is 19.8 Å². The number of rotatable bonds is 10. The number of thiophene rings is 1. The number of ether oxygens (including phenoxy) is 1. The number of carbonyl (C=O) groups is 1. The Morgan fingerprint density at radius 2 is 1.67 bits per heavy atom. The minimum atomic E-state index is -3.72. The molecule has 2 aromatic carbocycles. The van der Waals surface area contributed by atoms with Gasteiger partial charge in [0.25, 0.3) is 0 Å². The highest BCUT2D eigenvalue weighted by molar-refractivity contribution is 7.54. The van der Waals surface area contributed by atoms with E-state index in [0.29, 0.717) is 10.4 Å². The van der Waals surface area contributed by atoms with Crippen LogP contribution in [0.3, 0.4) is 0 Å². The van der Waals surface area contributed by atoms with E-state index >= 15 is 0 Å². The van der Waals surface area contributed by atoms with Gasteiger partial charge in [-0.2, -0.15) is 0 Å². The maximum Gasteiger partial charge on any atom is 0.348 e. The van der Waals surface area contributed by atoms with Crippen molar-refractivity contribution in [3.05, 3.63) is 70.6 Å². The summed E-state index contributed by atoms with van der Waals surface area (Å²) < 4.78 is 30.8. The first-order valence-electron chi connectivity index (χ1n) is 9.76. The average Bonchev–Trinajstić information content (AvgIpc) is 3.13. The number of benzene rings is 2. The second-order valence-electron chi connectivity index (χ2n) is 6.48. The van der Waals surface area contributed by atoms with Gasteiger partial charge in [-0.05, 0) is 30.9 Å². The van der Waals surface area contributed by atoms with Crippen molar-refractivity contribution in [1.82, 2.24) is 0 Å². The van der Waals surface area contributed by atoms with Gasteiger partial charge in [0.15, 0.2) is 0 Å². The van der Waals surface area contributed by atoms with E-state index in [1.165, 1.54) is 11.3 Å². The van der Waals surface area contributed by atoms with Gasteiger partial charge in [0, 0.05) is 10.3 Å². The lowest BCUT2D eigenvalue weighted by Gasteiger charge is -2.25. The summed E-state index contributed by atoms with van der Waals surface area (Å²) >= 11 is 1.25. The summed E-state index contributed by atoms with van der Waals surface area (Å²) in [6.07, 6.45) is 0. The predicted octanol–water partition coefficient (Wildman–Crippen LogP) is 5.56. The van der Waals surface area contributed by atoms with Crippen molar-refractivity contribution in [1.29, 1.82) is 0 Å². The third-order valence-corrected chi connectivity index (χ3v) is 8.13. The second kappa shape index (κ2) is 10.3. The van der Waals surface area contributed by atoms with Crippen LogP contribution in [0.5, 0.6) is 0 Å². The highest BCUT2D eigenvalue weighted by Crippen LogP contribution is 2.62. The Morgan fingerprint density at radius 3 is 2.30 bits per heavy atom. The van der Waals surface area contributed by atoms with Gasteiger partial charge in [0.05, 0.1) is 19.8 Å². The average molecular weight is 448 g/mol. The summed E-state index contributed by atoms with van der Waals surface area (Å²) in [6, 6.07) is 16.8. The Bertz CT molecular complexity index is 1020. The van der Waals surface area contributed by atoms with Crippen LogP contribution in [0.1, 0.15) is 40.3 Å². The molecule has 0 aliphatic rings. The van der Waals surface area contributed by atoms with Crippen LogP contribution in [-0.2, 0) is 25.0 Å². The third kappa shape index (κ3) is 4.82. The molecule has 0 aliphatic carbocycles. The molecule has 0 bridgehead atoms. The van der Waals surface area contributed by atoms with E-state index in [-0.39, 0.29) is 19.8 Å². The van der Waals surface area contributed by atoms with E-state index in [4.69, 9.17) is 13.8 Å². The Hall–Kier alpha value is -2.02. The van der Waals surface area contributed by atoms with Crippen molar-refractivity contribution in [3.8, 4) is 0 Å². The standard InChI is InChI=1S/C22H25O6PS/c1-3-27-29(25,28-4-2)18(14-23)20-17-12-8-9-13-19(17)30-21(20)22(24)26-15-16-10-6-5-7-11-16/h5-13,18,23H,3-4,14-15H2,1-2H3. The zero-order valence-corrected chi connectivity index (χ0v) is 18.7. The molecule has 3 rings (SSSR count). The second-order valence-corrected chi connectivity index (χ2v) is 9.75. The van der Waals surface area contributed by atoms with Crippen molar-refractivity contribution in [2.45, 2.75) is 26.1 Å². The lowest BCUT2D eigenvalue weighted by molar-refractivity contribution is 0.0477. The molecule has 0 saturated carbocycles. The minimum Gasteiger partial charge on any atom is -0.457 e. The summed E-state index contributed by atoms with van der Waals surface area (Å²) in [6.45, 7) is 3.36. The van der Waals surface area contributed by atoms with E-state index in [9.17, 15) is 14.5 Å². The molecule has 1 unspecified atom stereocenters. The summed E-state index contributed by atoms with van der Waals surface area (Å²) in [7, 11) is -3.72. The molecule has 6 nitrogen and oxygen atoms in total. The first-order chi connectivity index (χ1) is 14.5. The fourth-order valence-corrected chi connectivity index (χ4v) is 6.45. The fourth-order valence-electron chi connectivity index (χ4n) is 3.26. The van der Waals surface area contributed by atoms with Gasteiger partial charge in [-0.3, -0.25) is 4.57 Å². The molecule has 3 aromatic rings. The van der Waals surface area contributed by atoms with Gasteiger partial charge in [0.2, 0.25) is 0 Å². The van der Waals surface area contributed by atoms with Crippen molar-refractivity contribution in [2.24, 2.45) is 0 Å². The number of hydrogen-bond donors (Lipinski definition) is 1. The zero-order valence-electron chi connectivity index (χ0n) is 16.9. The topological polar surface area (TPSA) is 82.1 Å². The molecule has 0 radical (unpaired) electrons. The third-order valence-electron chi connectivity index (χ3n) is 4.54. The molecule has 0 fully saturated rings. The van der Waals surface area contributed by atoms with Crippen molar-refractivity contribution < 1.29 is 28.3 Å². The molecule has 30 heavy (non-hydrogen) atoms. The summed E-state index contributed by atoms with van der Waals surface area (Å²) in [4.78, 5) is 13.3. The molecule has 1 aromatic heterocycles. The smallest absolute Gasteiger partial charge is 0.348 e. The quantitative estimate of drug-likeness (QED) is 0.323. The molecular weight excluding hydrogens is 423 g/mol. The molecule has 0 spiro atoms. The molecule has 1 heterocycles. The molecule has 1 atom stereocenters. The number of aliphatic hydroxyl groups excluding tert-OH is 1. The molecule has 1 N–H and O–H groups in total. The molecule has 160 valence electrons. The first-order valence-corrected chi connectivity index (χ1v) is 12.2. The van der Waals surface area contributed by atoms with Gasteiger partial charge in [-0.15, -0.1) is 11.3 Å². The molecular formula is C22H25O6PS. The Labute approximate surface area is 179 Å². The summed E-state index contributed by atoms with van der Waals surface area (Å²) in [5.41, 5.74) is 0.316. The van der Waals surface area contributed by atoms with Crippen LogP contribution in [0.2, 0.25) is 0 Å². The normalized spacial score (nSPS) is 12.8. The van der Waals surface area contributed by atoms with Crippen LogP contribution in [-0.4, -0.2) is 30.9 Å². The Morgan fingerprint density at radius 1 is 1.03 bits per heavy atom. The monoisotopic (exact) mass is 448 g/mol. The minimum absolute atomic E-state index is 0.117. The number of carbonyl (C=O) groups excluding carboxylic acids is 1. The maximum atomic E-state index is 13.5. The summed E-state index contributed by atoms with van der Waals surface area (Å²) in [5.74, 6) is -0.534. The number of hydrogen-bond acceptors (Lipinski definition) is 7. The van der Waals surface area contributed by atoms with Crippen molar-refractivity contribution >= 4 is 35.0 Å². The van der Waals surface area contributed by atoms with Gasteiger partial charge in [-0.1, -0.05) is 48.5 Å². The lowest BCUT2D eigenvalue weighted by atomic mass is 10.1. The van der Waals surface area contributed by atoms with Gasteiger partial charge >= 0.3 is 13.6 Å². The molecule has 0 aliphatic heterocycles. The number of aliphatic hydroxyl groups is 1. The first kappa shape index (κ1) is 22.7. The van der Waals surface area contributed by atoms with Gasteiger partial charge < -0.3 is 18.9 Å². The molecule has 0 saturated heterocycles. The molecule has 8 heteroatoms. The van der Waals surface area contributed by atoms with Crippen LogP contribution in [0.15, 0.2) is 54.6 Å². The summed E-state index contributed by atoms with van der Waals surface area (Å²) in [5, 5.41) is 10.9. The van der Waals surface area contributed by atoms with E-state index in [0.717, 1.165) is 15.6 Å². The van der Waals surface area contributed by atoms with E-state index < -0.39 is 25.8 Å². The van der Waals surface area contributed by atoms with Gasteiger partial charge in [-0.25, -0.2) is 4.79 Å². The van der Waals surface area contributed by atoms with E-state index in [1.54, 1.807) is 13.8 Å². The van der Waals surface area contributed by atoms with Crippen LogP contribution < -0.4 is 0 Å². The highest BCUT2D eigenvalue weighted by atomic mass is 32.1. The molecule has 0 amide bonds. The number of fused-ring (bicyclic) bond motifs is 1. The predicted molar refractivity (Wildman–Crippen MR) is 118 cm³/mol. The SMILES string of the molecule is CCOP(=O)(OCC)C(CO)c1c(C(=O)OCc2ccccc2)sc2ccccc12. The largest absolute Gasteiger partial charge is 0.457 e. The van der Waals surface area contributed by atoms with E-state index in [2.05, 4.69) is 0 Å². The van der Waals surface area contributed by atoms with Crippen LogP contribution in [0, 0.1) is 0 Å². The van der Waals surface area contributed by atoms with Gasteiger partial charge in [0.1, 0.15) is 17.1 Å². The Balaban J connectivity index is 2.04. The number of esters is 1.